The summed E-state index contributed by atoms with van der Waals surface area (Å²) in [6, 6.07) is 13.7. The highest BCUT2D eigenvalue weighted by Gasteiger charge is 2.20. The lowest BCUT2D eigenvalue weighted by Crippen LogP contribution is -2.33. The van der Waals surface area contributed by atoms with Gasteiger partial charge < -0.3 is 19.1 Å². The van der Waals surface area contributed by atoms with Crippen LogP contribution in [0.2, 0.25) is 0 Å². The van der Waals surface area contributed by atoms with Gasteiger partial charge in [-0.2, -0.15) is 0 Å². The maximum absolute atomic E-state index is 12.1. The van der Waals surface area contributed by atoms with Crippen molar-refractivity contribution in [3.8, 4) is 5.75 Å². The van der Waals surface area contributed by atoms with E-state index in [9.17, 15) is 14.7 Å². The molecule has 0 N–H and O–H groups in total. The minimum Gasteiger partial charge on any atom is -0.546 e. The van der Waals surface area contributed by atoms with E-state index in [1.54, 1.807) is 42.5 Å². The standard InChI is InChI=1S/C20H16O5/c21-19(22)18(12-5-2-1-3-6-12)24-13-9-10-15-14-7-4-8-16(14)20(23)25-17(15)11-13/h1-3,5-6,9-11,18H,4,7-8H2,(H,21,22)/p-1. The highest BCUT2D eigenvalue weighted by atomic mass is 16.5. The molecule has 4 rings (SSSR count). The van der Waals surface area contributed by atoms with Gasteiger partial charge in [-0.25, -0.2) is 4.79 Å². The molecule has 2 aromatic carbocycles. The van der Waals surface area contributed by atoms with Crippen molar-refractivity contribution in [3.63, 3.8) is 0 Å². The average Bonchev–Trinajstić information content (AvgIpc) is 3.10. The van der Waals surface area contributed by atoms with Crippen molar-refractivity contribution in [1.82, 2.24) is 0 Å². The molecule has 0 radical (unpaired) electrons. The highest BCUT2D eigenvalue weighted by Crippen LogP contribution is 2.31. The maximum atomic E-state index is 12.1. The Morgan fingerprint density at radius 1 is 1.08 bits per heavy atom. The number of carboxylic acid groups (broad SMARTS) is 1. The van der Waals surface area contributed by atoms with Crippen molar-refractivity contribution < 1.29 is 19.1 Å². The van der Waals surface area contributed by atoms with E-state index < -0.39 is 12.1 Å². The van der Waals surface area contributed by atoms with Gasteiger partial charge >= 0.3 is 5.63 Å². The fraction of sp³-hybridized carbons (Fsp3) is 0.200. The predicted molar refractivity (Wildman–Crippen MR) is 89.3 cm³/mol. The second kappa shape index (κ2) is 6.09. The molecule has 0 fully saturated rings. The van der Waals surface area contributed by atoms with E-state index in [4.69, 9.17) is 9.15 Å². The fourth-order valence-corrected chi connectivity index (χ4v) is 3.35. The second-order valence-electron chi connectivity index (χ2n) is 6.09. The Morgan fingerprint density at radius 2 is 1.84 bits per heavy atom. The Kier molecular flexibility index (Phi) is 3.76. The zero-order valence-corrected chi connectivity index (χ0v) is 13.4. The number of carboxylic acids is 1. The number of carbonyl (C=O) groups is 1. The smallest absolute Gasteiger partial charge is 0.339 e. The Hall–Kier alpha value is -3.08. The molecule has 0 amide bonds. The Bertz CT molecular complexity index is 1000. The highest BCUT2D eigenvalue weighted by molar-refractivity contribution is 5.83. The van der Waals surface area contributed by atoms with E-state index in [1.807, 2.05) is 6.07 Å². The Balaban J connectivity index is 1.73. The third-order valence-corrected chi connectivity index (χ3v) is 4.52. The zero-order chi connectivity index (χ0) is 17.4. The van der Waals surface area contributed by atoms with Crippen molar-refractivity contribution in [3.05, 3.63) is 75.6 Å². The molecule has 1 heterocycles. The van der Waals surface area contributed by atoms with Gasteiger partial charge in [0, 0.05) is 17.0 Å². The Labute approximate surface area is 143 Å². The number of ether oxygens (including phenoxy) is 1. The summed E-state index contributed by atoms with van der Waals surface area (Å²) in [7, 11) is 0. The molecule has 126 valence electrons. The molecule has 1 aromatic heterocycles. The molecule has 5 heteroatoms. The topological polar surface area (TPSA) is 79.6 Å². The van der Waals surface area contributed by atoms with Crippen LogP contribution < -0.4 is 15.5 Å². The van der Waals surface area contributed by atoms with E-state index in [1.165, 1.54) is 0 Å². The first kappa shape index (κ1) is 15.4. The van der Waals surface area contributed by atoms with Crippen LogP contribution in [0.4, 0.5) is 0 Å². The van der Waals surface area contributed by atoms with Crippen LogP contribution in [0.15, 0.2) is 57.7 Å². The number of aliphatic carboxylic acids is 1. The van der Waals surface area contributed by atoms with Gasteiger partial charge in [0.15, 0.2) is 6.10 Å². The fourth-order valence-electron chi connectivity index (χ4n) is 3.35. The predicted octanol–water partition coefficient (Wildman–Crippen LogP) is 2.15. The normalized spacial score (nSPS) is 14.2. The lowest BCUT2D eigenvalue weighted by atomic mass is 10.1. The number of carbonyl (C=O) groups excluding carboxylic acids is 1. The summed E-state index contributed by atoms with van der Waals surface area (Å²) >= 11 is 0. The molecule has 1 atom stereocenters. The monoisotopic (exact) mass is 335 g/mol. The van der Waals surface area contributed by atoms with Crippen molar-refractivity contribution in [1.29, 1.82) is 0 Å². The van der Waals surface area contributed by atoms with E-state index in [0.29, 0.717) is 16.9 Å². The van der Waals surface area contributed by atoms with Gasteiger partial charge in [-0.1, -0.05) is 30.3 Å². The van der Waals surface area contributed by atoms with Crippen LogP contribution in [0.1, 0.15) is 29.2 Å². The number of aryl methyl sites for hydroxylation is 1. The summed E-state index contributed by atoms with van der Waals surface area (Å²) in [5, 5.41) is 12.3. The van der Waals surface area contributed by atoms with Gasteiger partial charge in [0.05, 0.1) is 5.97 Å². The third kappa shape index (κ3) is 2.78. The molecular weight excluding hydrogens is 320 g/mol. The maximum Gasteiger partial charge on any atom is 0.339 e. The molecular formula is C20H15O5-. The van der Waals surface area contributed by atoms with Gasteiger partial charge in [0.25, 0.3) is 0 Å². The first-order valence-electron chi connectivity index (χ1n) is 8.14. The van der Waals surface area contributed by atoms with Crippen molar-refractivity contribution in [2.45, 2.75) is 25.4 Å². The molecule has 1 unspecified atom stereocenters. The molecule has 3 aromatic rings. The summed E-state index contributed by atoms with van der Waals surface area (Å²) in [5.41, 5.74) is 2.35. The largest absolute Gasteiger partial charge is 0.546 e. The van der Waals surface area contributed by atoms with Crippen molar-refractivity contribution in [2.75, 3.05) is 0 Å². The van der Waals surface area contributed by atoms with Crippen LogP contribution in [-0.2, 0) is 17.6 Å². The third-order valence-electron chi connectivity index (χ3n) is 4.52. The van der Waals surface area contributed by atoms with E-state index in [-0.39, 0.29) is 5.63 Å². The summed E-state index contributed by atoms with van der Waals surface area (Å²) in [6.07, 6.45) is 1.30. The van der Waals surface area contributed by atoms with Gasteiger partial charge in [0.2, 0.25) is 0 Å². The first-order valence-corrected chi connectivity index (χ1v) is 8.14. The minimum absolute atomic E-state index is 0.312. The Morgan fingerprint density at radius 3 is 2.60 bits per heavy atom. The SMILES string of the molecule is O=C([O-])C(Oc1ccc2c3c(c(=O)oc2c1)CCC3)c1ccccc1. The molecule has 0 saturated carbocycles. The van der Waals surface area contributed by atoms with Crippen LogP contribution >= 0.6 is 0 Å². The zero-order valence-electron chi connectivity index (χ0n) is 13.4. The molecule has 1 aliphatic rings. The molecule has 5 nitrogen and oxygen atoms in total. The second-order valence-corrected chi connectivity index (χ2v) is 6.09. The van der Waals surface area contributed by atoms with E-state index in [0.717, 1.165) is 35.8 Å². The van der Waals surface area contributed by atoms with Crippen LogP contribution in [0.25, 0.3) is 11.0 Å². The van der Waals surface area contributed by atoms with Crippen molar-refractivity contribution in [2.24, 2.45) is 0 Å². The quantitative estimate of drug-likeness (QED) is 0.683. The molecule has 25 heavy (non-hydrogen) atoms. The van der Waals surface area contributed by atoms with Gasteiger partial charge in [-0.3, -0.25) is 0 Å². The van der Waals surface area contributed by atoms with Crippen LogP contribution in [0.3, 0.4) is 0 Å². The lowest BCUT2D eigenvalue weighted by molar-refractivity contribution is -0.314. The van der Waals surface area contributed by atoms with Crippen LogP contribution in [-0.4, -0.2) is 5.97 Å². The average molecular weight is 335 g/mol. The minimum atomic E-state index is -1.33. The number of rotatable bonds is 4. The number of hydrogen-bond acceptors (Lipinski definition) is 5. The summed E-state index contributed by atoms with van der Waals surface area (Å²) < 4.78 is 11.0. The summed E-state index contributed by atoms with van der Waals surface area (Å²) in [4.78, 5) is 23.5. The van der Waals surface area contributed by atoms with E-state index in [2.05, 4.69) is 0 Å². The molecule has 0 saturated heterocycles. The lowest BCUT2D eigenvalue weighted by Gasteiger charge is -2.20. The number of hydrogen-bond donors (Lipinski definition) is 0. The van der Waals surface area contributed by atoms with Gasteiger partial charge in [-0.15, -0.1) is 0 Å². The molecule has 1 aliphatic carbocycles. The van der Waals surface area contributed by atoms with Crippen LogP contribution in [0.5, 0.6) is 5.75 Å². The molecule has 0 spiro atoms. The molecule has 0 bridgehead atoms. The summed E-state index contributed by atoms with van der Waals surface area (Å²) in [6.45, 7) is 0. The summed E-state index contributed by atoms with van der Waals surface area (Å²) in [5.74, 6) is -1.02. The molecule has 0 aliphatic heterocycles. The van der Waals surface area contributed by atoms with Crippen molar-refractivity contribution >= 4 is 16.9 Å². The van der Waals surface area contributed by atoms with Gasteiger partial charge in [-0.05, 0) is 42.5 Å². The van der Waals surface area contributed by atoms with E-state index >= 15 is 0 Å². The number of fused-ring (bicyclic) bond motifs is 3. The first-order chi connectivity index (χ1) is 12.1. The number of benzene rings is 2. The van der Waals surface area contributed by atoms with Crippen LogP contribution in [0, 0.1) is 0 Å². The van der Waals surface area contributed by atoms with Gasteiger partial charge in [0.1, 0.15) is 11.3 Å².